The molecular formula is C34H32N4O2. The van der Waals surface area contributed by atoms with Gasteiger partial charge in [-0.2, -0.15) is 5.10 Å². The number of benzene rings is 4. The van der Waals surface area contributed by atoms with Crippen molar-refractivity contribution >= 4 is 17.8 Å². The van der Waals surface area contributed by atoms with Crippen LogP contribution in [0.25, 0.3) is 33.6 Å². The molecule has 6 heteroatoms. The molecule has 6 nitrogen and oxygen atoms in total. The van der Waals surface area contributed by atoms with Crippen LogP contribution in [0.4, 0.5) is 5.69 Å². The third-order valence-electron chi connectivity index (χ3n) is 6.73. The quantitative estimate of drug-likeness (QED) is 0.171. The van der Waals surface area contributed by atoms with Crippen LogP contribution in [-0.4, -0.2) is 37.9 Å². The predicted molar refractivity (Wildman–Crippen MR) is 164 cm³/mol. The second-order valence-corrected chi connectivity index (χ2v) is 9.62. The normalized spacial score (nSPS) is 11.0. The second-order valence-electron chi connectivity index (χ2n) is 9.62. The maximum absolute atomic E-state index is 13.3. The van der Waals surface area contributed by atoms with Gasteiger partial charge in [0.25, 0.3) is 5.91 Å². The zero-order valence-corrected chi connectivity index (χ0v) is 22.9. The fourth-order valence-electron chi connectivity index (χ4n) is 4.68. The molecule has 200 valence electrons. The first-order valence-corrected chi connectivity index (χ1v) is 13.1. The van der Waals surface area contributed by atoms with Crippen molar-refractivity contribution in [2.75, 3.05) is 26.1 Å². The van der Waals surface area contributed by atoms with E-state index in [1.54, 1.807) is 13.3 Å². The number of hydrazone groups is 1. The zero-order chi connectivity index (χ0) is 27.9. The molecule has 40 heavy (non-hydrogen) atoms. The second kappa shape index (κ2) is 12.2. The van der Waals surface area contributed by atoms with E-state index in [0.29, 0.717) is 0 Å². The molecule has 0 saturated carbocycles. The van der Waals surface area contributed by atoms with Crippen molar-refractivity contribution in [2.45, 2.75) is 6.54 Å². The molecule has 0 aliphatic rings. The Morgan fingerprint density at radius 1 is 0.825 bits per heavy atom. The summed E-state index contributed by atoms with van der Waals surface area (Å²) >= 11 is 0. The first-order valence-electron chi connectivity index (χ1n) is 13.1. The average molecular weight is 529 g/mol. The number of aromatic nitrogens is 1. The van der Waals surface area contributed by atoms with Crippen LogP contribution in [0.3, 0.4) is 0 Å². The molecular weight excluding hydrogens is 496 g/mol. The fourth-order valence-corrected chi connectivity index (χ4v) is 4.68. The number of ether oxygens (including phenoxy) is 1. The summed E-state index contributed by atoms with van der Waals surface area (Å²) in [5, 5.41) is 4.21. The van der Waals surface area contributed by atoms with E-state index in [9.17, 15) is 4.79 Å². The van der Waals surface area contributed by atoms with E-state index in [-0.39, 0.29) is 12.5 Å². The Bertz CT molecular complexity index is 1590. The van der Waals surface area contributed by atoms with Crippen molar-refractivity contribution in [1.29, 1.82) is 0 Å². The maximum Gasteiger partial charge on any atom is 0.260 e. The van der Waals surface area contributed by atoms with Crippen molar-refractivity contribution in [1.82, 2.24) is 9.99 Å². The Balaban J connectivity index is 1.55. The number of carbonyl (C=O) groups is 1. The third-order valence-corrected chi connectivity index (χ3v) is 6.73. The Hall–Kier alpha value is -5.10. The molecule has 0 spiro atoms. The Kier molecular flexibility index (Phi) is 8.07. The number of amides is 1. The summed E-state index contributed by atoms with van der Waals surface area (Å²) in [5.41, 5.74) is 10.8. The fraction of sp³-hybridized carbons (Fsp3) is 0.118. The van der Waals surface area contributed by atoms with Gasteiger partial charge in [-0.15, -0.1) is 0 Å². The van der Waals surface area contributed by atoms with Gasteiger partial charge in [0.2, 0.25) is 0 Å². The SMILES string of the molecule is COc1ccc(/C=N/NC(=O)Cn2c(-c3ccc(N(C)C)cc3)cc(-c3ccccc3)c2-c2ccccc2)cc1. The lowest BCUT2D eigenvalue weighted by atomic mass is 10.0. The minimum Gasteiger partial charge on any atom is -0.497 e. The standard InChI is InChI=1S/C34H32N4O2/c1-37(2)29-18-16-27(17-19-29)32-22-31(26-10-6-4-7-11-26)34(28-12-8-5-9-13-28)38(32)24-33(39)36-35-23-25-14-20-30(40-3)21-15-25/h4-23H,24H2,1-3H3,(H,36,39)/b35-23+. The molecule has 0 saturated heterocycles. The summed E-state index contributed by atoms with van der Waals surface area (Å²) in [7, 11) is 5.67. The van der Waals surface area contributed by atoms with E-state index in [2.05, 4.69) is 74.6 Å². The molecule has 4 aromatic carbocycles. The van der Waals surface area contributed by atoms with Gasteiger partial charge in [0.1, 0.15) is 12.3 Å². The minimum absolute atomic E-state index is 0.0990. The summed E-state index contributed by atoms with van der Waals surface area (Å²) in [5.74, 6) is 0.547. The van der Waals surface area contributed by atoms with Crippen LogP contribution in [0.1, 0.15) is 5.56 Å². The molecule has 1 amide bonds. The molecule has 0 aliphatic carbocycles. The molecule has 0 aliphatic heterocycles. The van der Waals surface area contributed by atoms with E-state index in [4.69, 9.17) is 4.74 Å². The van der Waals surface area contributed by atoms with E-state index in [1.807, 2.05) is 74.8 Å². The summed E-state index contributed by atoms with van der Waals surface area (Å²) < 4.78 is 7.29. The molecule has 1 aromatic heterocycles. The van der Waals surface area contributed by atoms with Crippen molar-refractivity contribution in [2.24, 2.45) is 5.10 Å². The molecule has 1 N–H and O–H groups in total. The monoisotopic (exact) mass is 528 g/mol. The summed E-state index contributed by atoms with van der Waals surface area (Å²) in [6.07, 6.45) is 1.63. The molecule has 5 aromatic rings. The highest BCUT2D eigenvalue weighted by Crippen LogP contribution is 2.39. The van der Waals surface area contributed by atoms with Crippen LogP contribution < -0.4 is 15.1 Å². The van der Waals surface area contributed by atoms with Crippen LogP contribution in [0.2, 0.25) is 0 Å². The number of hydrogen-bond donors (Lipinski definition) is 1. The number of rotatable bonds is 9. The van der Waals surface area contributed by atoms with Gasteiger partial charge in [0, 0.05) is 31.0 Å². The molecule has 0 atom stereocenters. The van der Waals surface area contributed by atoms with Gasteiger partial charge in [-0.05, 0) is 64.7 Å². The van der Waals surface area contributed by atoms with Crippen molar-refractivity contribution in [3.63, 3.8) is 0 Å². The lowest BCUT2D eigenvalue weighted by Crippen LogP contribution is -2.24. The van der Waals surface area contributed by atoms with Gasteiger partial charge >= 0.3 is 0 Å². The topological polar surface area (TPSA) is 58.9 Å². The number of carbonyl (C=O) groups excluding carboxylic acids is 1. The van der Waals surface area contributed by atoms with Gasteiger partial charge < -0.3 is 14.2 Å². The van der Waals surface area contributed by atoms with E-state index >= 15 is 0 Å². The van der Waals surface area contributed by atoms with Crippen LogP contribution in [0.5, 0.6) is 5.75 Å². The van der Waals surface area contributed by atoms with E-state index in [0.717, 1.165) is 50.6 Å². The molecule has 5 rings (SSSR count). The molecule has 0 radical (unpaired) electrons. The highest BCUT2D eigenvalue weighted by molar-refractivity contribution is 5.89. The van der Waals surface area contributed by atoms with Crippen LogP contribution in [0, 0.1) is 0 Å². The highest BCUT2D eigenvalue weighted by atomic mass is 16.5. The van der Waals surface area contributed by atoms with Gasteiger partial charge in [-0.25, -0.2) is 5.43 Å². The predicted octanol–water partition coefficient (Wildman–Crippen LogP) is 6.71. The van der Waals surface area contributed by atoms with Gasteiger partial charge in [-0.1, -0.05) is 72.8 Å². The van der Waals surface area contributed by atoms with Crippen molar-refractivity contribution in [3.05, 3.63) is 121 Å². The van der Waals surface area contributed by atoms with E-state index < -0.39 is 0 Å². The minimum atomic E-state index is -0.219. The van der Waals surface area contributed by atoms with Gasteiger partial charge in [0.15, 0.2) is 0 Å². The molecule has 1 heterocycles. The number of nitrogens with one attached hydrogen (secondary N) is 1. The summed E-state index contributed by atoms with van der Waals surface area (Å²) in [4.78, 5) is 15.4. The Labute approximate surface area is 235 Å². The van der Waals surface area contributed by atoms with Crippen LogP contribution in [0.15, 0.2) is 120 Å². The number of nitrogens with zero attached hydrogens (tertiary/aromatic N) is 3. The molecule has 0 fully saturated rings. The number of hydrogen-bond acceptors (Lipinski definition) is 4. The molecule has 0 unspecified atom stereocenters. The van der Waals surface area contributed by atoms with Crippen molar-refractivity contribution < 1.29 is 9.53 Å². The van der Waals surface area contributed by atoms with Crippen LogP contribution >= 0.6 is 0 Å². The molecule has 0 bridgehead atoms. The van der Waals surface area contributed by atoms with Crippen LogP contribution in [-0.2, 0) is 11.3 Å². The Morgan fingerprint density at radius 2 is 1.45 bits per heavy atom. The van der Waals surface area contributed by atoms with Gasteiger partial charge in [-0.3, -0.25) is 4.79 Å². The zero-order valence-electron chi connectivity index (χ0n) is 22.9. The number of methoxy groups -OCH3 is 1. The summed E-state index contributed by atoms with van der Waals surface area (Å²) in [6.45, 7) is 0.0990. The largest absolute Gasteiger partial charge is 0.497 e. The van der Waals surface area contributed by atoms with E-state index in [1.165, 1.54) is 0 Å². The Morgan fingerprint density at radius 3 is 2.05 bits per heavy atom. The smallest absolute Gasteiger partial charge is 0.260 e. The third kappa shape index (κ3) is 5.97. The maximum atomic E-state index is 13.3. The van der Waals surface area contributed by atoms with Crippen molar-refractivity contribution in [3.8, 4) is 39.4 Å². The highest BCUT2D eigenvalue weighted by Gasteiger charge is 2.21. The summed E-state index contributed by atoms with van der Waals surface area (Å²) in [6, 6.07) is 38.5. The lowest BCUT2D eigenvalue weighted by molar-refractivity contribution is -0.121. The first-order chi connectivity index (χ1) is 19.5. The number of anilines is 1. The lowest BCUT2D eigenvalue weighted by Gasteiger charge is -2.16. The average Bonchev–Trinajstić information content (AvgIpc) is 3.37. The van der Waals surface area contributed by atoms with Gasteiger partial charge in [0.05, 0.1) is 19.0 Å². The first kappa shape index (κ1) is 26.5.